The van der Waals surface area contributed by atoms with Crippen LogP contribution in [0.5, 0.6) is 5.75 Å². The number of methoxy groups -OCH3 is 1. The van der Waals surface area contributed by atoms with E-state index in [0.29, 0.717) is 0 Å². The van der Waals surface area contributed by atoms with Gasteiger partial charge in [0.2, 0.25) is 0 Å². The lowest BCUT2D eigenvalue weighted by atomic mass is 10.2. The smallest absolute Gasteiger partial charge is 0.173 e. The Bertz CT molecular complexity index is 387. The van der Waals surface area contributed by atoms with Gasteiger partial charge in [-0.25, -0.2) is 4.39 Å². The van der Waals surface area contributed by atoms with Crippen LogP contribution in [0.25, 0.3) is 0 Å². The summed E-state index contributed by atoms with van der Waals surface area (Å²) >= 11 is 1.54. The van der Waals surface area contributed by atoms with Crippen LogP contribution in [0, 0.1) is 17.1 Å². The van der Waals surface area contributed by atoms with Gasteiger partial charge in [-0.05, 0) is 24.3 Å². The van der Waals surface area contributed by atoms with E-state index in [-0.39, 0.29) is 11.3 Å². The molecule has 1 rings (SSSR count). The van der Waals surface area contributed by atoms with E-state index in [1.54, 1.807) is 17.8 Å². The molecule has 0 radical (unpaired) electrons. The summed E-state index contributed by atoms with van der Waals surface area (Å²) in [6, 6.07) is 4.93. The van der Waals surface area contributed by atoms with E-state index < -0.39 is 5.82 Å². The van der Waals surface area contributed by atoms with Crippen molar-refractivity contribution in [2.24, 2.45) is 0 Å². The predicted molar refractivity (Wildman–Crippen MR) is 58.7 cm³/mol. The molecular formula is C11H12FNOS. The Morgan fingerprint density at radius 2 is 2.27 bits per heavy atom. The molecule has 0 amide bonds. The van der Waals surface area contributed by atoms with Gasteiger partial charge in [-0.3, -0.25) is 0 Å². The summed E-state index contributed by atoms with van der Waals surface area (Å²) in [6.45, 7) is 2.06. The Balaban J connectivity index is 3.12. The van der Waals surface area contributed by atoms with Crippen molar-refractivity contribution in [2.45, 2.75) is 18.2 Å². The van der Waals surface area contributed by atoms with Crippen molar-refractivity contribution in [3.63, 3.8) is 0 Å². The number of nitrogens with zero attached hydrogens (tertiary/aromatic N) is 1. The Morgan fingerprint density at radius 3 is 2.80 bits per heavy atom. The van der Waals surface area contributed by atoms with Crippen LogP contribution >= 0.6 is 11.8 Å². The number of hydrogen-bond acceptors (Lipinski definition) is 3. The van der Waals surface area contributed by atoms with Crippen molar-refractivity contribution in [1.82, 2.24) is 0 Å². The third kappa shape index (κ3) is 2.63. The number of halogens is 1. The molecule has 0 saturated carbocycles. The number of benzene rings is 1. The third-order valence-corrected chi connectivity index (χ3v) is 3.11. The molecule has 0 fully saturated rings. The normalized spacial score (nSPS) is 9.73. The van der Waals surface area contributed by atoms with Crippen LogP contribution in [-0.2, 0) is 0 Å². The molecule has 80 valence electrons. The second kappa shape index (κ2) is 5.62. The molecule has 0 aliphatic carbocycles. The Morgan fingerprint density at radius 1 is 1.53 bits per heavy atom. The van der Waals surface area contributed by atoms with Crippen LogP contribution in [0.1, 0.15) is 18.9 Å². The molecule has 0 unspecified atom stereocenters. The van der Waals surface area contributed by atoms with E-state index >= 15 is 0 Å². The second-order valence-electron chi connectivity index (χ2n) is 2.91. The van der Waals surface area contributed by atoms with Gasteiger partial charge in [-0.1, -0.05) is 6.92 Å². The van der Waals surface area contributed by atoms with E-state index in [1.807, 2.05) is 6.07 Å². The Labute approximate surface area is 93.1 Å². The molecule has 0 bridgehead atoms. The first-order valence-electron chi connectivity index (χ1n) is 4.64. The van der Waals surface area contributed by atoms with Gasteiger partial charge >= 0.3 is 0 Å². The van der Waals surface area contributed by atoms with Gasteiger partial charge in [-0.2, -0.15) is 5.26 Å². The second-order valence-corrected chi connectivity index (χ2v) is 4.05. The molecule has 0 saturated heterocycles. The van der Waals surface area contributed by atoms with Crippen LogP contribution in [0.4, 0.5) is 4.39 Å². The first-order chi connectivity index (χ1) is 7.24. The highest BCUT2D eigenvalue weighted by Crippen LogP contribution is 2.31. The molecule has 4 heteroatoms. The summed E-state index contributed by atoms with van der Waals surface area (Å²) in [5.41, 5.74) is 0.288. The first-order valence-corrected chi connectivity index (χ1v) is 5.62. The molecule has 0 aliphatic rings. The minimum absolute atomic E-state index is 0.0404. The van der Waals surface area contributed by atoms with E-state index in [9.17, 15) is 4.39 Å². The molecule has 0 aromatic heterocycles. The molecule has 0 spiro atoms. The lowest BCUT2D eigenvalue weighted by Crippen LogP contribution is -1.94. The average Bonchev–Trinajstić information content (AvgIpc) is 2.26. The van der Waals surface area contributed by atoms with Gasteiger partial charge in [-0.15, -0.1) is 11.8 Å². The van der Waals surface area contributed by atoms with E-state index in [2.05, 4.69) is 6.92 Å². The molecule has 1 aromatic rings. The topological polar surface area (TPSA) is 33.0 Å². The SMILES string of the molecule is CCCSc1ccc(F)c(OC)c1C#N. The van der Waals surface area contributed by atoms with Crippen LogP contribution in [0.15, 0.2) is 17.0 Å². The van der Waals surface area contributed by atoms with Crippen LogP contribution < -0.4 is 4.74 Å². The van der Waals surface area contributed by atoms with Gasteiger partial charge in [0.05, 0.1) is 7.11 Å². The number of nitriles is 1. The zero-order valence-corrected chi connectivity index (χ0v) is 9.53. The quantitative estimate of drug-likeness (QED) is 0.738. The van der Waals surface area contributed by atoms with Crippen LogP contribution in [0.3, 0.4) is 0 Å². The zero-order valence-electron chi connectivity index (χ0n) is 8.71. The maximum absolute atomic E-state index is 13.3. The fourth-order valence-electron chi connectivity index (χ4n) is 1.18. The summed E-state index contributed by atoms with van der Waals surface area (Å²) in [4.78, 5) is 0.776. The lowest BCUT2D eigenvalue weighted by Gasteiger charge is -2.08. The zero-order chi connectivity index (χ0) is 11.3. The van der Waals surface area contributed by atoms with E-state index in [0.717, 1.165) is 17.1 Å². The van der Waals surface area contributed by atoms with Crippen LogP contribution in [0.2, 0.25) is 0 Å². The molecule has 0 N–H and O–H groups in total. The molecule has 15 heavy (non-hydrogen) atoms. The van der Waals surface area contributed by atoms with Crippen molar-refractivity contribution in [3.05, 3.63) is 23.5 Å². The number of hydrogen-bond donors (Lipinski definition) is 0. The number of ether oxygens (including phenoxy) is 1. The van der Waals surface area contributed by atoms with E-state index in [4.69, 9.17) is 10.00 Å². The van der Waals surface area contributed by atoms with Gasteiger partial charge in [0.15, 0.2) is 11.6 Å². The highest BCUT2D eigenvalue weighted by Gasteiger charge is 2.13. The molecule has 0 atom stereocenters. The number of rotatable bonds is 4. The molecule has 0 heterocycles. The summed E-state index contributed by atoms with van der Waals surface area (Å²) in [7, 11) is 1.37. The van der Waals surface area contributed by atoms with Gasteiger partial charge in [0.25, 0.3) is 0 Å². The van der Waals surface area contributed by atoms with Crippen molar-refractivity contribution in [2.75, 3.05) is 12.9 Å². The van der Waals surface area contributed by atoms with Crippen LogP contribution in [-0.4, -0.2) is 12.9 Å². The highest BCUT2D eigenvalue weighted by molar-refractivity contribution is 7.99. The highest BCUT2D eigenvalue weighted by atomic mass is 32.2. The van der Waals surface area contributed by atoms with E-state index in [1.165, 1.54) is 13.2 Å². The van der Waals surface area contributed by atoms with Crippen molar-refractivity contribution in [1.29, 1.82) is 5.26 Å². The van der Waals surface area contributed by atoms with Gasteiger partial charge in [0.1, 0.15) is 11.6 Å². The minimum Gasteiger partial charge on any atom is -0.492 e. The van der Waals surface area contributed by atoms with Crippen molar-refractivity contribution >= 4 is 11.8 Å². The monoisotopic (exact) mass is 225 g/mol. The summed E-state index contributed by atoms with van der Waals surface area (Å²) in [5.74, 6) is 0.456. The third-order valence-electron chi connectivity index (χ3n) is 1.85. The lowest BCUT2D eigenvalue weighted by molar-refractivity contribution is 0.384. The van der Waals surface area contributed by atoms with Crippen molar-refractivity contribution in [3.8, 4) is 11.8 Å². The van der Waals surface area contributed by atoms with Gasteiger partial charge in [0, 0.05) is 4.90 Å². The maximum Gasteiger partial charge on any atom is 0.173 e. The van der Waals surface area contributed by atoms with Gasteiger partial charge < -0.3 is 4.74 Å². The number of thioether (sulfide) groups is 1. The fraction of sp³-hybridized carbons (Fsp3) is 0.364. The minimum atomic E-state index is -0.491. The largest absolute Gasteiger partial charge is 0.492 e. The molecule has 0 aliphatic heterocycles. The fourth-order valence-corrected chi connectivity index (χ4v) is 2.05. The molecule has 2 nitrogen and oxygen atoms in total. The average molecular weight is 225 g/mol. The predicted octanol–water partition coefficient (Wildman–Crippen LogP) is 3.21. The summed E-state index contributed by atoms with van der Waals surface area (Å²) in [5, 5.41) is 8.94. The maximum atomic E-state index is 13.3. The first kappa shape index (κ1) is 11.9. The molecule has 1 aromatic carbocycles. The van der Waals surface area contributed by atoms with Crippen molar-refractivity contribution < 1.29 is 9.13 Å². The molecular weight excluding hydrogens is 213 g/mol. The Kier molecular flexibility index (Phi) is 4.44. The summed E-state index contributed by atoms with van der Waals surface area (Å²) < 4.78 is 18.1. The summed E-state index contributed by atoms with van der Waals surface area (Å²) in [6.07, 6.45) is 1.01. The standard InChI is InChI=1S/C11H12FNOS/c1-3-6-15-10-5-4-9(12)11(14-2)8(10)7-13/h4-5H,3,6H2,1-2H3. The Hall–Kier alpha value is -1.21.